The van der Waals surface area contributed by atoms with Crippen LogP contribution in [0.3, 0.4) is 0 Å². The number of halogens is 2. The Kier molecular flexibility index (Phi) is 6.31. The first-order valence-corrected chi connectivity index (χ1v) is 11.4. The molecule has 5 N–H and O–H groups in total. The number of hydrazine groups is 1. The Labute approximate surface area is 194 Å². The molecule has 33 heavy (non-hydrogen) atoms. The van der Waals surface area contributed by atoms with E-state index in [0.29, 0.717) is 16.3 Å². The number of hydrogen-bond acceptors (Lipinski definition) is 6. The minimum absolute atomic E-state index is 0.213. The Hall–Kier alpha value is -3.11. The molecular formula is C23H26F2N6OS. The molecule has 4 rings (SSSR count). The lowest BCUT2D eigenvalue weighted by molar-refractivity contribution is -0.118. The molecule has 1 fully saturated rings. The summed E-state index contributed by atoms with van der Waals surface area (Å²) in [6, 6.07) is 12.7. The Morgan fingerprint density at radius 2 is 2.03 bits per heavy atom. The molecule has 0 aliphatic heterocycles. The third-order valence-electron chi connectivity index (χ3n) is 5.88. The highest BCUT2D eigenvalue weighted by molar-refractivity contribution is 7.22. The number of thiazole rings is 1. The van der Waals surface area contributed by atoms with Crippen LogP contribution in [-0.4, -0.2) is 34.8 Å². The predicted molar refractivity (Wildman–Crippen MR) is 127 cm³/mol. The Morgan fingerprint density at radius 1 is 1.30 bits per heavy atom. The van der Waals surface area contributed by atoms with E-state index >= 15 is 0 Å². The highest BCUT2D eigenvalue weighted by Crippen LogP contribution is 2.46. The molecule has 1 aromatic heterocycles. The van der Waals surface area contributed by atoms with Gasteiger partial charge in [0.25, 0.3) is 0 Å². The van der Waals surface area contributed by atoms with Crippen LogP contribution in [0, 0.1) is 12.8 Å². The maximum Gasteiger partial charge on any atom is 0.248 e. The summed E-state index contributed by atoms with van der Waals surface area (Å²) >= 11 is 1.37. The van der Waals surface area contributed by atoms with Crippen molar-refractivity contribution in [1.29, 1.82) is 0 Å². The summed E-state index contributed by atoms with van der Waals surface area (Å²) in [7, 11) is 1.55. The second-order valence-electron chi connectivity index (χ2n) is 8.45. The average Bonchev–Trinajstić information content (AvgIpc) is 3.31. The van der Waals surface area contributed by atoms with E-state index in [9.17, 15) is 13.6 Å². The van der Waals surface area contributed by atoms with Crippen LogP contribution in [-0.2, 0) is 4.79 Å². The molecule has 7 nitrogen and oxygen atoms in total. The van der Waals surface area contributed by atoms with Crippen LogP contribution in [0.15, 0.2) is 47.6 Å². The molecule has 2 atom stereocenters. The van der Waals surface area contributed by atoms with Gasteiger partial charge in [0.1, 0.15) is 0 Å². The number of aryl methyl sites for hydroxylation is 1. The zero-order valence-electron chi connectivity index (χ0n) is 18.4. The monoisotopic (exact) mass is 472 g/mol. The zero-order chi connectivity index (χ0) is 23.8. The number of amidine groups is 1. The van der Waals surface area contributed by atoms with Crippen LogP contribution in [0.1, 0.15) is 41.9 Å². The van der Waals surface area contributed by atoms with Gasteiger partial charge in [-0.15, -0.1) is 5.10 Å². The Bertz CT molecular complexity index is 1190. The van der Waals surface area contributed by atoms with Crippen molar-refractivity contribution in [3.63, 3.8) is 0 Å². The van der Waals surface area contributed by atoms with Crippen molar-refractivity contribution in [1.82, 2.24) is 10.1 Å². The molecular weight excluding hydrogens is 446 g/mol. The maximum atomic E-state index is 14.0. The molecule has 1 amide bonds. The van der Waals surface area contributed by atoms with Crippen LogP contribution in [0.25, 0.3) is 10.2 Å². The minimum Gasteiger partial charge on any atom is -0.382 e. The van der Waals surface area contributed by atoms with E-state index in [4.69, 9.17) is 11.6 Å². The van der Waals surface area contributed by atoms with Crippen molar-refractivity contribution in [2.24, 2.45) is 22.6 Å². The molecule has 1 heterocycles. The van der Waals surface area contributed by atoms with Gasteiger partial charge in [-0.1, -0.05) is 47.7 Å². The number of carbonyl (C=O) groups is 1. The second-order valence-corrected chi connectivity index (χ2v) is 9.48. The number of benzene rings is 2. The molecule has 1 aliphatic rings. The van der Waals surface area contributed by atoms with Crippen LogP contribution in [0.2, 0.25) is 0 Å². The molecule has 0 spiro atoms. The number of anilines is 1. The van der Waals surface area contributed by atoms with Crippen molar-refractivity contribution < 1.29 is 13.6 Å². The number of nitrogens with zero attached hydrogens (tertiary/aromatic N) is 3. The van der Waals surface area contributed by atoms with E-state index in [1.165, 1.54) is 11.3 Å². The van der Waals surface area contributed by atoms with Crippen LogP contribution in [0.4, 0.5) is 13.9 Å². The van der Waals surface area contributed by atoms with Gasteiger partial charge >= 0.3 is 0 Å². The first kappa shape index (κ1) is 23.1. The summed E-state index contributed by atoms with van der Waals surface area (Å²) in [6.45, 7) is 1.95. The summed E-state index contributed by atoms with van der Waals surface area (Å²) in [4.78, 5) is 17.9. The predicted octanol–water partition coefficient (Wildman–Crippen LogP) is 4.19. The summed E-state index contributed by atoms with van der Waals surface area (Å²) in [5, 5.41) is 8.39. The first-order chi connectivity index (χ1) is 15.6. The van der Waals surface area contributed by atoms with Crippen molar-refractivity contribution in [3.05, 3.63) is 59.2 Å². The number of carbonyl (C=O) groups excluding carboxylic acids is 1. The summed E-state index contributed by atoms with van der Waals surface area (Å²) < 4.78 is 29.0. The zero-order valence-corrected chi connectivity index (χ0v) is 19.2. The van der Waals surface area contributed by atoms with Gasteiger partial charge in [-0.05, 0) is 36.5 Å². The van der Waals surface area contributed by atoms with Gasteiger partial charge in [0.05, 0.1) is 16.1 Å². The summed E-state index contributed by atoms with van der Waals surface area (Å²) in [6.07, 6.45) is -0.275. The lowest BCUT2D eigenvalue weighted by atomic mass is 9.83. The van der Waals surface area contributed by atoms with Crippen molar-refractivity contribution in [2.75, 3.05) is 12.4 Å². The number of aromatic nitrogens is 1. The van der Waals surface area contributed by atoms with E-state index < -0.39 is 17.8 Å². The third-order valence-corrected chi connectivity index (χ3v) is 6.81. The number of rotatable bonds is 6. The van der Waals surface area contributed by atoms with E-state index in [-0.39, 0.29) is 31.0 Å². The smallest absolute Gasteiger partial charge is 0.248 e. The average molecular weight is 473 g/mol. The number of hydrazone groups is 1. The van der Waals surface area contributed by atoms with Gasteiger partial charge in [-0.25, -0.2) is 24.7 Å². The van der Waals surface area contributed by atoms with Gasteiger partial charge in [0, 0.05) is 25.5 Å². The SMILES string of the molecule is Cc1cccc2sc(NC(=O)C(c3ccc(/C(N)=N/N(C)N)cc3)C3CCC(F)(F)C3)nc12. The molecule has 1 aliphatic carbocycles. The molecule has 0 saturated heterocycles. The molecule has 174 valence electrons. The summed E-state index contributed by atoms with van der Waals surface area (Å²) in [5.74, 6) is 1.39. The largest absolute Gasteiger partial charge is 0.382 e. The van der Waals surface area contributed by atoms with E-state index in [2.05, 4.69) is 15.4 Å². The number of hydrogen-bond donors (Lipinski definition) is 3. The maximum absolute atomic E-state index is 14.0. The minimum atomic E-state index is -2.76. The van der Waals surface area contributed by atoms with Gasteiger partial charge in [0.15, 0.2) is 11.0 Å². The van der Waals surface area contributed by atoms with E-state index in [1.54, 1.807) is 31.3 Å². The Balaban J connectivity index is 1.63. The molecule has 3 aromatic rings. The third kappa shape index (κ3) is 5.12. The quantitative estimate of drug-likeness (QED) is 0.216. The van der Waals surface area contributed by atoms with Crippen molar-refractivity contribution in [2.45, 2.75) is 38.0 Å². The molecule has 0 radical (unpaired) electrons. The topological polar surface area (TPSA) is 110 Å². The van der Waals surface area contributed by atoms with Crippen LogP contribution < -0.4 is 16.9 Å². The molecule has 2 aromatic carbocycles. The van der Waals surface area contributed by atoms with Crippen LogP contribution in [0.5, 0.6) is 0 Å². The van der Waals surface area contributed by atoms with Crippen molar-refractivity contribution in [3.8, 4) is 0 Å². The Morgan fingerprint density at radius 3 is 2.64 bits per heavy atom. The second kappa shape index (κ2) is 9.03. The van der Waals surface area contributed by atoms with E-state index in [0.717, 1.165) is 20.9 Å². The van der Waals surface area contributed by atoms with Gasteiger partial charge < -0.3 is 11.1 Å². The summed E-state index contributed by atoms with van der Waals surface area (Å²) in [5.41, 5.74) is 9.03. The standard InChI is InChI=1S/C23H26F2N6OS/c1-13-4-3-5-17-19(13)28-22(33-17)29-21(32)18(16-10-11-23(24,25)12-16)14-6-8-15(9-7-14)20(26)30-31(2)27/h3-9,16,18H,10-12,27H2,1-2H3,(H2,26,30)(H,28,29,32). The highest BCUT2D eigenvalue weighted by Gasteiger charge is 2.45. The lowest BCUT2D eigenvalue weighted by Crippen LogP contribution is -2.28. The van der Waals surface area contributed by atoms with Crippen molar-refractivity contribution >= 4 is 38.4 Å². The van der Waals surface area contributed by atoms with Crippen LogP contribution >= 0.6 is 11.3 Å². The fourth-order valence-electron chi connectivity index (χ4n) is 4.32. The molecule has 10 heteroatoms. The number of para-hydroxylation sites is 1. The number of amides is 1. The number of nitrogens with two attached hydrogens (primary N) is 2. The van der Waals surface area contributed by atoms with Gasteiger partial charge in [0.2, 0.25) is 11.8 Å². The fourth-order valence-corrected chi connectivity index (χ4v) is 5.26. The highest BCUT2D eigenvalue weighted by atomic mass is 32.1. The lowest BCUT2D eigenvalue weighted by Gasteiger charge is -2.23. The molecule has 1 saturated carbocycles. The fraction of sp³-hybridized carbons (Fsp3) is 0.348. The first-order valence-electron chi connectivity index (χ1n) is 10.6. The molecule has 2 unspecified atom stereocenters. The molecule has 0 bridgehead atoms. The number of alkyl halides is 2. The van der Waals surface area contributed by atoms with Gasteiger partial charge in [-0.2, -0.15) is 0 Å². The normalized spacial score (nSPS) is 18.9. The number of nitrogens with one attached hydrogen (secondary N) is 1. The number of fused-ring (bicyclic) bond motifs is 1. The van der Waals surface area contributed by atoms with E-state index in [1.807, 2.05) is 25.1 Å². The van der Waals surface area contributed by atoms with Gasteiger partial charge in [-0.3, -0.25) is 4.79 Å².